The summed E-state index contributed by atoms with van der Waals surface area (Å²) in [7, 11) is 0. The van der Waals surface area contributed by atoms with Gasteiger partial charge < -0.3 is 10.2 Å². The van der Waals surface area contributed by atoms with Crippen LogP contribution in [-0.4, -0.2) is 39.6 Å². The van der Waals surface area contributed by atoms with E-state index in [4.69, 9.17) is 0 Å². The number of amides is 1. The average molecular weight is 424 g/mol. The second kappa shape index (κ2) is 8.65. The van der Waals surface area contributed by atoms with Crippen molar-refractivity contribution in [1.29, 1.82) is 0 Å². The molecule has 1 aliphatic rings. The topological polar surface area (TPSA) is 62.5 Å². The van der Waals surface area contributed by atoms with E-state index in [-0.39, 0.29) is 17.8 Å². The van der Waals surface area contributed by atoms with Crippen molar-refractivity contribution < 1.29 is 9.18 Å². The zero-order chi connectivity index (χ0) is 22.1. The number of nitrogens with one attached hydrogen (secondary N) is 1. The number of anilines is 1. The quantitative estimate of drug-likeness (QED) is 0.678. The molecule has 3 heterocycles. The first-order valence-electron chi connectivity index (χ1n) is 10.9. The molecule has 7 heteroatoms. The Bertz CT molecular complexity index is 1120. The highest BCUT2D eigenvalue weighted by Gasteiger charge is 2.23. The Kier molecular flexibility index (Phi) is 5.94. The summed E-state index contributed by atoms with van der Waals surface area (Å²) in [5.74, 6) is -0.188. The number of aryl methyl sites for hydroxylation is 4. The number of carbonyl (C=O) groups is 1. The molecule has 1 unspecified atom stereocenters. The molecule has 164 valence electrons. The molecule has 31 heavy (non-hydrogen) atoms. The Morgan fingerprint density at radius 1 is 1.23 bits per heavy atom. The highest BCUT2D eigenvalue weighted by Crippen LogP contribution is 2.24. The van der Waals surface area contributed by atoms with Crippen molar-refractivity contribution in [3.05, 3.63) is 58.3 Å². The van der Waals surface area contributed by atoms with Crippen molar-refractivity contribution in [3.63, 3.8) is 0 Å². The van der Waals surface area contributed by atoms with Gasteiger partial charge in [-0.3, -0.25) is 4.79 Å². The number of hydrogen-bond acceptors (Lipinski definition) is 4. The molecular formula is C24H30FN5O. The van der Waals surface area contributed by atoms with E-state index in [0.717, 1.165) is 53.2 Å². The first-order valence-corrected chi connectivity index (χ1v) is 10.9. The molecule has 0 aliphatic carbocycles. The van der Waals surface area contributed by atoms with Gasteiger partial charge in [-0.05, 0) is 70.2 Å². The molecule has 0 spiro atoms. The van der Waals surface area contributed by atoms with E-state index >= 15 is 0 Å². The third-order valence-electron chi connectivity index (χ3n) is 6.12. The van der Waals surface area contributed by atoms with Crippen molar-refractivity contribution in [2.75, 3.05) is 18.0 Å². The lowest BCUT2D eigenvalue weighted by Crippen LogP contribution is -2.48. The summed E-state index contributed by atoms with van der Waals surface area (Å²) in [6.07, 6.45) is 2.85. The fourth-order valence-corrected chi connectivity index (χ4v) is 4.52. The molecule has 4 rings (SSSR count). The molecule has 1 atom stereocenters. The first-order chi connectivity index (χ1) is 14.8. The van der Waals surface area contributed by atoms with Gasteiger partial charge in [-0.15, -0.1) is 0 Å². The molecule has 1 saturated heterocycles. The number of carbonyl (C=O) groups excluding carboxylic acids is 1. The van der Waals surface area contributed by atoms with Crippen LogP contribution < -0.4 is 10.2 Å². The maximum absolute atomic E-state index is 14.3. The summed E-state index contributed by atoms with van der Waals surface area (Å²) in [5.41, 5.74) is 6.46. The monoisotopic (exact) mass is 423 g/mol. The fourth-order valence-electron chi connectivity index (χ4n) is 4.52. The van der Waals surface area contributed by atoms with Crippen molar-refractivity contribution in [2.24, 2.45) is 0 Å². The van der Waals surface area contributed by atoms with E-state index in [1.165, 1.54) is 6.07 Å². The van der Waals surface area contributed by atoms with Crippen LogP contribution in [-0.2, 0) is 11.2 Å². The summed E-state index contributed by atoms with van der Waals surface area (Å²) in [6, 6.07) is 7.16. The number of hydrogen-bond donors (Lipinski definition) is 1. The number of fused-ring (bicyclic) bond motifs is 1. The van der Waals surface area contributed by atoms with E-state index in [0.29, 0.717) is 25.1 Å². The van der Waals surface area contributed by atoms with E-state index < -0.39 is 0 Å². The number of halogens is 1. The van der Waals surface area contributed by atoms with Gasteiger partial charge in [0.05, 0.1) is 11.4 Å². The first kappa shape index (κ1) is 21.3. The van der Waals surface area contributed by atoms with Gasteiger partial charge in [0.25, 0.3) is 0 Å². The van der Waals surface area contributed by atoms with E-state index in [1.807, 2.05) is 49.2 Å². The molecule has 2 aromatic heterocycles. The van der Waals surface area contributed by atoms with Crippen LogP contribution in [0.1, 0.15) is 47.5 Å². The third kappa shape index (κ3) is 4.55. The summed E-state index contributed by atoms with van der Waals surface area (Å²) in [6.45, 7) is 9.36. The minimum atomic E-state index is -0.208. The maximum atomic E-state index is 14.3. The number of piperidine rings is 1. The molecule has 0 saturated carbocycles. The number of benzene rings is 1. The summed E-state index contributed by atoms with van der Waals surface area (Å²) in [5, 5.41) is 7.66. The molecule has 1 N–H and O–H groups in total. The Morgan fingerprint density at radius 3 is 2.84 bits per heavy atom. The van der Waals surface area contributed by atoms with Crippen molar-refractivity contribution in [1.82, 2.24) is 19.9 Å². The molecule has 1 aliphatic heterocycles. The Hall–Kier alpha value is -2.96. The Morgan fingerprint density at radius 2 is 2.03 bits per heavy atom. The van der Waals surface area contributed by atoms with Gasteiger partial charge in [-0.25, -0.2) is 13.9 Å². The lowest BCUT2D eigenvalue weighted by Gasteiger charge is -2.35. The predicted molar refractivity (Wildman–Crippen MR) is 120 cm³/mol. The molecule has 0 radical (unpaired) electrons. The number of aromatic nitrogens is 3. The van der Waals surface area contributed by atoms with E-state index in [2.05, 4.69) is 15.4 Å². The van der Waals surface area contributed by atoms with Crippen LogP contribution in [0.15, 0.2) is 24.3 Å². The van der Waals surface area contributed by atoms with Crippen molar-refractivity contribution >= 4 is 17.2 Å². The van der Waals surface area contributed by atoms with Gasteiger partial charge in [0, 0.05) is 43.0 Å². The normalized spacial score (nSPS) is 16.7. The van der Waals surface area contributed by atoms with Crippen LogP contribution in [0.4, 0.5) is 10.1 Å². The van der Waals surface area contributed by atoms with Gasteiger partial charge in [-0.1, -0.05) is 6.07 Å². The highest BCUT2D eigenvalue weighted by molar-refractivity contribution is 5.76. The largest absolute Gasteiger partial charge is 0.367 e. The van der Waals surface area contributed by atoms with Crippen molar-refractivity contribution in [3.8, 4) is 0 Å². The molecule has 3 aromatic rings. The van der Waals surface area contributed by atoms with Crippen LogP contribution in [0.5, 0.6) is 0 Å². The lowest BCUT2D eigenvalue weighted by atomic mass is 10.0. The standard InChI is InChI=1S/C24H30FN5O/c1-15-7-9-21(25)22(12-15)29-11-5-6-19(14-29)27-24(31)10-8-20-17(3)26-23-13-16(2)28-30(23)18(20)4/h7,9,12-13,19H,5-6,8,10-11,14H2,1-4H3,(H,27,31). The van der Waals surface area contributed by atoms with Gasteiger partial charge in [0.2, 0.25) is 5.91 Å². The molecule has 1 amide bonds. The SMILES string of the molecule is Cc1ccc(F)c(N2CCCC(NC(=O)CCc3c(C)nc4cc(C)nn4c3C)C2)c1. The summed E-state index contributed by atoms with van der Waals surface area (Å²) < 4.78 is 16.2. The zero-order valence-electron chi connectivity index (χ0n) is 18.7. The average Bonchev–Trinajstić information content (AvgIpc) is 3.10. The second-order valence-corrected chi connectivity index (χ2v) is 8.62. The smallest absolute Gasteiger partial charge is 0.220 e. The summed E-state index contributed by atoms with van der Waals surface area (Å²) in [4.78, 5) is 19.4. The molecule has 1 fully saturated rings. The second-order valence-electron chi connectivity index (χ2n) is 8.62. The van der Waals surface area contributed by atoms with Gasteiger partial charge in [0.15, 0.2) is 5.65 Å². The molecular weight excluding hydrogens is 393 g/mol. The van der Waals surface area contributed by atoms with Gasteiger partial charge >= 0.3 is 0 Å². The van der Waals surface area contributed by atoms with Crippen LogP contribution in [0.2, 0.25) is 0 Å². The number of rotatable bonds is 5. The predicted octanol–water partition coefficient (Wildman–Crippen LogP) is 3.82. The minimum Gasteiger partial charge on any atom is -0.367 e. The fraction of sp³-hybridized carbons (Fsp3) is 0.458. The van der Waals surface area contributed by atoms with Crippen molar-refractivity contribution in [2.45, 2.75) is 59.4 Å². The highest BCUT2D eigenvalue weighted by atomic mass is 19.1. The third-order valence-corrected chi connectivity index (χ3v) is 6.12. The van der Waals surface area contributed by atoms with E-state index in [9.17, 15) is 9.18 Å². The van der Waals surface area contributed by atoms with E-state index in [1.54, 1.807) is 6.07 Å². The number of nitrogens with zero attached hydrogens (tertiary/aromatic N) is 4. The van der Waals surface area contributed by atoms with Crippen LogP contribution in [0.25, 0.3) is 5.65 Å². The summed E-state index contributed by atoms with van der Waals surface area (Å²) >= 11 is 0. The van der Waals surface area contributed by atoms with Crippen LogP contribution >= 0.6 is 0 Å². The lowest BCUT2D eigenvalue weighted by molar-refractivity contribution is -0.121. The molecule has 6 nitrogen and oxygen atoms in total. The van der Waals surface area contributed by atoms with Gasteiger partial charge in [-0.2, -0.15) is 5.10 Å². The Labute approximate surface area is 182 Å². The molecule has 0 bridgehead atoms. The Balaban J connectivity index is 1.39. The zero-order valence-corrected chi connectivity index (χ0v) is 18.7. The van der Waals surface area contributed by atoms with Gasteiger partial charge in [0.1, 0.15) is 5.82 Å². The minimum absolute atomic E-state index is 0.0205. The molecule has 1 aromatic carbocycles. The van der Waals surface area contributed by atoms with Crippen LogP contribution in [0.3, 0.4) is 0 Å². The maximum Gasteiger partial charge on any atom is 0.220 e. The van der Waals surface area contributed by atoms with Crippen LogP contribution in [0, 0.1) is 33.5 Å².